The molecule has 2 heterocycles. The van der Waals surface area contributed by atoms with E-state index in [2.05, 4.69) is 17.2 Å². The lowest BCUT2D eigenvalue weighted by Gasteiger charge is -2.30. The molecule has 5 heteroatoms. The highest BCUT2D eigenvalue weighted by atomic mass is 32.2. The Morgan fingerprint density at radius 1 is 1.65 bits per heavy atom. The molecule has 1 aromatic rings. The van der Waals surface area contributed by atoms with E-state index in [0.717, 1.165) is 24.5 Å². The lowest BCUT2D eigenvalue weighted by Crippen LogP contribution is -2.41. The third kappa shape index (κ3) is 2.91. The molecule has 0 aromatic carbocycles. The summed E-state index contributed by atoms with van der Waals surface area (Å²) in [6.07, 6.45) is 1.67. The smallest absolute Gasteiger partial charge is 0.272 e. The second-order valence-electron chi connectivity index (χ2n) is 4.11. The van der Waals surface area contributed by atoms with Gasteiger partial charge in [0.2, 0.25) is 0 Å². The predicted octanol–water partition coefficient (Wildman–Crippen LogP) is 1.70. The summed E-state index contributed by atoms with van der Waals surface area (Å²) in [7, 11) is 1.84. The Hall–Kier alpha value is -1.23. The molecule has 1 saturated heterocycles. The van der Waals surface area contributed by atoms with Crippen LogP contribution in [0.2, 0.25) is 0 Å². The molecule has 1 atom stereocenters. The van der Waals surface area contributed by atoms with Gasteiger partial charge in [-0.05, 0) is 12.1 Å². The van der Waals surface area contributed by atoms with E-state index in [4.69, 9.17) is 0 Å². The fourth-order valence-corrected chi connectivity index (χ4v) is 2.88. The van der Waals surface area contributed by atoms with Gasteiger partial charge in [-0.1, -0.05) is 6.92 Å². The average Bonchev–Trinajstić information content (AvgIpc) is 2.38. The standard InChI is InChI=1S/C12H17N3OS/c1-9-8-15(5-6-17-9)12(16)11-7-10(13-2)3-4-14-11/h3-4,7,9H,5-6,8H2,1-2H3,(H,13,14). The molecule has 1 aromatic heterocycles. The van der Waals surface area contributed by atoms with Crippen molar-refractivity contribution >= 4 is 23.4 Å². The number of carbonyl (C=O) groups excluding carboxylic acids is 1. The number of carbonyl (C=O) groups is 1. The van der Waals surface area contributed by atoms with Crippen LogP contribution in [0.5, 0.6) is 0 Å². The number of hydrogen-bond acceptors (Lipinski definition) is 4. The molecule has 2 rings (SSSR count). The van der Waals surface area contributed by atoms with E-state index in [1.807, 2.05) is 29.8 Å². The van der Waals surface area contributed by atoms with E-state index in [-0.39, 0.29) is 5.91 Å². The number of pyridine rings is 1. The van der Waals surface area contributed by atoms with Crippen LogP contribution in [0, 0.1) is 0 Å². The molecule has 92 valence electrons. The third-order valence-corrected chi connectivity index (χ3v) is 3.93. The van der Waals surface area contributed by atoms with Crippen molar-refractivity contribution in [3.05, 3.63) is 24.0 Å². The highest BCUT2D eigenvalue weighted by molar-refractivity contribution is 7.99. The van der Waals surface area contributed by atoms with Gasteiger partial charge in [-0.15, -0.1) is 0 Å². The second-order valence-corrected chi connectivity index (χ2v) is 5.66. The van der Waals surface area contributed by atoms with Crippen LogP contribution in [0.1, 0.15) is 17.4 Å². The minimum atomic E-state index is 0.0363. The number of nitrogens with one attached hydrogen (secondary N) is 1. The molecule has 0 spiro atoms. The van der Waals surface area contributed by atoms with E-state index >= 15 is 0 Å². The predicted molar refractivity (Wildman–Crippen MR) is 71.6 cm³/mol. The van der Waals surface area contributed by atoms with Crippen molar-refractivity contribution < 1.29 is 4.79 Å². The quantitative estimate of drug-likeness (QED) is 0.869. The summed E-state index contributed by atoms with van der Waals surface area (Å²) < 4.78 is 0. The summed E-state index contributed by atoms with van der Waals surface area (Å²) in [5, 5.41) is 3.53. The van der Waals surface area contributed by atoms with Crippen molar-refractivity contribution in [3.8, 4) is 0 Å². The van der Waals surface area contributed by atoms with Crippen LogP contribution in [0.4, 0.5) is 5.69 Å². The van der Waals surface area contributed by atoms with Crippen molar-refractivity contribution in [1.82, 2.24) is 9.88 Å². The second kappa shape index (κ2) is 5.40. The first kappa shape index (κ1) is 12.2. The molecule has 1 unspecified atom stereocenters. The number of amides is 1. The Balaban J connectivity index is 2.12. The summed E-state index contributed by atoms with van der Waals surface area (Å²) in [6.45, 7) is 3.79. The van der Waals surface area contributed by atoms with E-state index < -0.39 is 0 Å². The number of aromatic nitrogens is 1. The van der Waals surface area contributed by atoms with Crippen molar-refractivity contribution in [3.63, 3.8) is 0 Å². The Labute approximate surface area is 106 Å². The molecule has 17 heavy (non-hydrogen) atoms. The van der Waals surface area contributed by atoms with Gasteiger partial charge in [0.1, 0.15) is 5.69 Å². The maximum Gasteiger partial charge on any atom is 0.272 e. The van der Waals surface area contributed by atoms with Crippen LogP contribution in [-0.2, 0) is 0 Å². The largest absolute Gasteiger partial charge is 0.388 e. The average molecular weight is 251 g/mol. The summed E-state index contributed by atoms with van der Waals surface area (Å²) in [5.41, 5.74) is 1.44. The van der Waals surface area contributed by atoms with E-state index in [0.29, 0.717) is 10.9 Å². The summed E-state index contributed by atoms with van der Waals surface area (Å²) in [5.74, 6) is 1.05. The molecule has 0 radical (unpaired) electrons. The zero-order valence-electron chi connectivity index (χ0n) is 10.1. The zero-order chi connectivity index (χ0) is 12.3. The summed E-state index contributed by atoms with van der Waals surface area (Å²) in [4.78, 5) is 18.3. The zero-order valence-corrected chi connectivity index (χ0v) is 11.0. The van der Waals surface area contributed by atoms with Gasteiger partial charge >= 0.3 is 0 Å². The van der Waals surface area contributed by atoms with Crippen LogP contribution in [0.25, 0.3) is 0 Å². The van der Waals surface area contributed by atoms with Crippen LogP contribution in [0.3, 0.4) is 0 Å². The SMILES string of the molecule is CNc1ccnc(C(=O)N2CCSC(C)C2)c1. The fraction of sp³-hybridized carbons (Fsp3) is 0.500. The molecule has 1 amide bonds. The maximum atomic E-state index is 12.2. The molecule has 0 bridgehead atoms. The number of thioether (sulfide) groups is 1. The van der Waals surface area contributed by atoms with Gasteiger partial charge in [-0.25, -0.2) is 0 Å². The molecule has 4 nitrogen and oxygen atoms in total. The monoisotopic (exact) mass is 251 g/mol. The number of nitrogens with zero attached hydrogens (tertiary/aromatic N) is 2. The van der Waals surface area contributed by atoms with Gasteiger partial charge in [0.25, 0.3) is 5.91 Å². The molecule has 0 saturated carbocycles. The Kier molecular flexibility index (Phi) is 3.89. The van der Waals surface area contributed by atoms with Crippen LogP contribution < -0.4 is 5.32 Å². The Morgan fingerprint density at radius 3 is 3.18 bits per heavy atom. The highest BCUT2D eigenvalue weighted by Gasteiger charge is 2.23. The highest BCUT2D eigenvalue weighted by Crippen LogP contribution is 2.19. The van der Waals surface area contributed by atoms with Crippen molar-refractivity contribution in [2.24, 2.45) is 0 Å². The molecular weight excluding hydrogens is 234 g/mol. The normalized spacial score (nSPS) is 20.1. The first-order valence-corrected chi connectivity index (χ1v) is 6.80. The van der Waals surface area contributed by atoms with E-state index in [9.17, 15) is 4.79 Å². The summed E-state index contributed by atoms with van der Waals surface area (Å²) >= 11 is 1.92. The lowest BCUT2D eigenvalue weighted by atomic mass is 10.2. The first-order valence-electron chi connectivity index (χ1n) is 5.75. The minimum absolute atomic E-state index is 0.0363. The lowest BCUT2D eigenvalue weighted by molar-refractivity contribution is 0.0757. The van der Waals surface area contributed by atoms with E-state index in [1.54, 1.807) is 12.3 Å². The Bertz CT molecular complexity index is 410. The van der Waals surface area contributed by atoms with Gasteiger partial charge < -0.3 is 10.2 Å². The van der Waals surface area contributed by atoms with Gasteiger partial charge in [0.05, 0.1) is 0 Å². The van der Waals surface area contributed by atoms with Crippen molar-refractivity contribution in [2.45, 2.75) is 12.2 Å². The van der Waals surface area contributed by atoms with Crippen molar-refractivity contribution in [1.29, 1.82) is 0 Å². The van der Waals surface area contributed by atoms with Crippen LogP contribution >= 0.6 is 11.8 Å². The molecule has 1 fully saturated rings. The minimum Gasteiger partial charge on any atom is -0.388 e. The topological polar surface area (TPSA) is 45.2 Å². The molecule has 1 N–H and O–H groups in total. The third-order valence-electron chi connectivity index (χ3n) is 2.80. The Morgan fingerprint density at radius 2 is 2.47 bits per heavy atom. The van der Waals surface area contributed by atoms with Gasteiger partial charge in [0, 0.05) is 43.0 Å². The number of hydrogen-bond donors (Lipinski definition) is 1. The van der Waals surface area contributed by atoms with Gasteiger partial charge in [0.15, 0.2) is 0 Å². The van der Waals surface area contributed by atoms with Gasteiger partial charge in [-0.3, -0.25) is 9.78 Å². The fourth-order valence-electron chi connectivity index (χ4n) is 1.87. The molecule has 0 aliphatic carbocycles. The van der Waals surface area contributed by atoms with Gasteiger partial charge in [-0.2, -0.15) is 11.8 Å². The maximum absolute atomic E-state index is 12.2. The summed E-state index contributed by atoms with van der Waals surface area (Å²) in [6, 6.07) is 3.65. The number of rotatable bonds is 2. The van der Waals surface area contributed by atoms with Crippen LogP contribution in [-0.4, -0.2) is 46.9 Å². The number of anilines is 1. The molecule has 1 aliphatic rings. The van der Waals surface area contributed by atoms with Crippen LogP contribution in [0.15, 0.2) is 18.3 Å². The molecular formula is C12H17N3OS. The van der Waals surface area contributed by atoms with Crippen molar-refractivity contribution in [2.75, 3.05) is 31.2 Å². The van der Waals surface area contributed by atoms with E-state index in [1.165, 1.54) is 0 Å². The molecule has 1 aliphatic heterocycles. The first-order chi connectivity index (χ1) is 8.20.